The van der Waals surface area contributed by atoms with Gasteiger partial charge in [-0.2, -0.15) is 0 Å². The maximum Gasteiger partial charge on any atom is 0.126 e. The monoisotopic (exact) mass is 234 g/mol. The smallest absolute Gasteiger partial charge is 0.126 e. The van der Waals surface area contributed by atoms with Crippen LogP contribution in [0.1, 0.15) is 29.9 Å². The van der Waals surface area contributed by atoms with Gasteiger partial charge in [-0.1, -0.05) is 0 Å². The maximum atomic E-state index is 5.70. The SMILES string of the molecule is COc1cc2c(c(OC)c1)C(C1CC1)COC2. The zero-order valence-electron chi connectivity index (χ0n) is 10.4. The van der Waals surface area contributed by atoms with Gasteiger partial charge >= 0.3 is 0 Å². The van der Waals surface area contributed by atoms with E-state index in [4.69, 9.17) is 14.2 Å². The molecule has 0 N–H and O–H groups in total. The molecule has 3 rings (SSSR count). The standard InChI is InChI=1S/C14H18O3/c1-15-11-5-10-7-17-8-12(9-3-4-9)14(10)13(6-11)16-2/h5-6,9,12H,3-4,7-8H2,1-2H3. The number of benzene rings is 1. The van der Waals surface area contributed by atoms with Gasteiger partial charge in [0, 0.05) is 17.5 Å². The average molecular weight is 234 g/mol. The lowest BCUT2D eigenvalue weighted by Crippen LogP contribution is -2.19. The van der Waals surface area contributed by atoms with Crippen LogP contribution in [0.3, 0.4) is 0 Å². The molecular weight excluding hydrogens is 216 g/mol. The van der Waals surface area contributed by atoms with E-state index in [9.17, 15) is 0 Å². The second-order valence-electron chi connectivity index (χ2n) is 4.86. The Balaban J connectivity index is 2.07. The van der Waals surface area contributed by atoms with Crippen LogP contribution < -0.4 is 9.47 Å². The first-order chi connectivity index (χ1) is 8.33. The summed E-state index contributed by atoms with van der Waals surface area (Å²) in [5.41, 5.74) is 2.58. The summed E-state index contributed by atoms with van der Waals surface area (Å²) in [5.74, 6) is 3.11. The summed E-state index contributed by atoms with van der Waals surface area (Å²) >= 11 is 0. The summed E-state index contributed by atoms with van der Waals surface area (Å²) in [4.78, 5) is 0. The van der Waals surface area contributed by atoms with Crippen LogP contribution in [-0.4, -0.2) is 20.8 Å². The summed E-state index contributed by atoms with van der Waals surface area (Å²) in [6, 6.07) is 4.06. The zero-order chi connectivity index (χ0) is 11.8. The Morgan fingerprint density at radius 1 is 1.18 bits per heavy atom. The van der Waals surface area contributed by atoms with Crippen molar-refractivity contribution >= 4 is 0 Å². The largest absolute Gasteiger partial charge is 0.497 e. The molecule has 1 heterocycles. The van der Waals surface area contributed by atoms with E-state index >= 15 is 0 Å². The lowest BCUT2D eigenvalue weighted by atomic mass is 9.88. The molecule has 1 unspecified atom stereocenters. The lowest BCUT2D eigenvalue weighted by molar-refractivity contribution is 0.0839. The van der Waals surface area contributed by atoms with Crippen molar-refractivity contribution in [2.75, 3.05) is 20.8 Å². The number of hydrogen-bond acceptors (Lipinski definition) is 3. The quantitative estimate of drug-likeness (QED) is 0.804. The lowest BCUT2D eigenvalue weighted by Gasteiger charge is -2.28. The van der Waals surface area contributed by atoms with Crippen molar-refractivity contribution in [1.82, 2.24) is 0 Å². The van der Waals surface area contributed by atoms with Gasteiger partial charge in [0.25, 0.3) is 0 Å². The van der Waals surface area contributed by atoms with E-state index in [0.29, 0.717) is 12.5 Å². The second kappa shape index (κ2) is 4.22. The van der Waals surface area contributed by atoms with Gasteiger partial charge in [0.1, 0.15) is 11.5 Å². The molecule has 1 aromatic carbocycles. The molecule has 1 atom stereocenters. The predicted octanol–water partition coefficient (Wildman–Crippen LogP) is 2.73. The van der Waals surface area contributed by atoms with Gasteiger partial charge < -0.3 is 14.2 Å². The fourth-order valence-corrected chi connectivity index (χ4v) is 2.73. The Morgan fingerprint density at radius 2 is 2.00 bits per heavy atom. The average Bonchev–Trinajstić information content (AvgIpc) is 3.20. The van der Waals surface area contributed by atoms with Gasteiger partial charge in [-0.05, 0) is 30.4 Å². The minimum atomic E-state index is 0.514. The van der Waals surface area contributed by atoms with Crippen LogP contribution in [0, 0.1) is 5.92 Å². The Morgan fingerprint density at radius 3 is 2.65 bits per heavy atom. The van der Waals surface area contributed by atoms with Crippen LogP contribution >= 0.6 is 0 Å². The first kappa shape index (κ1) is 10.9. The van der Waals surface area contributed by atoms with Crippen LogP contribution in [0.4, 0.5) is 0 Å². The second-order valence-corrected chi connectivity index (χ2v) is 4.86. The summed E-state index contributed by atoms with van der Waals surface area (Å²) in [7, 11) is 3.41. The predicted molar refractivity (Wildman–Crippen MR) is 64.7 cm³/mol. The van der Waals surface area contributed by atoms with Gasteiger partial charge in [-0.25, -0.2) is 0 Å². The maximum absolute atomic E-state index is 5.70. The third-order valence-corrected chi connectivity index (χ3v) is 3.77. The van der Waals surface area contributed by atoms with Crippen LogP contribution in [0.15, 0.2) is 12.1 Å². The molecule has 1 fully saturated rings. The van der Waals surface area contributed by atoms with Gasteiger partial charge in [-0.15, -0.1) is 0 Å². The zero-order valence-corrected chi connectivity index (χ0v) is 10.4. The van der Waals surface area contributed by atoms with Crippen molar-refractivity contribution in [3.05, 3.63) is 23.3 Å². The molecule has 0 radical (unpaired) electrons. The van der Waals surface area contributed by atoms with Gasteiger partial charge in [0.05, 0.1) is 27.4 Å². The molecule has 92 valence electrons. The van der Waals surface area contributed by atoms with E-state index in [2.05, 4.69) is 6.07 Å². The van der Waals surface area contributed by atoms with Crippen LogP contribution in [-0.2, 0) is 11.3 Å². The Bertz CT molecular complexity index is 406. The van der Waals surface area contributed by atoms with E-state index < -0.39 is 0 Å². The molecule has 1 aromatic rings. The van der Waals surface area contributed by atoms with Crippen molar-refractivity contribution in [1.29, 1.82) is 0 Å². The molecular formula is C14H18O3. The first-order valence-electron chi connectivity index (χ1n) is 6.16. The molecule has 0 amide bonds. The molecule has 0 spiro atoms. The molecule has 1 aliphatic heterocycles. The molecule has 0 bridgehead atoms. The fourth-order valence-electron chi connectivity index (χ4n) is 2.73. The topological polar surface area (TPSA) is 27.7 Å². The summed E-state index contributed by atoms with van der Waals surface area (Å²) in [5, 5.41) is 0. The fraction of sp³-hybridized carbons (Fsp3) is 0.571. The summed E-state index contributed by atoms with van der Waals surface area (Å²) in [6.07, 6.45) is 2.64. The molecule has 17 heavy (non-hydrogen) atoms. The van der Waals surface area contributed by atoms with Crippen LogP contribution in [0.2, 0.25) is 0 Å². The first-order valence-corrected chi connectivity index (χ1v) is 6.16. The molecule has 0 saturated heterocycles. The summed E-state index contributed by atoms with van der Waals surface area (Å²) < 4.78 is 16.5. The van der Waals surface area contributed by atoms with Gasteiger partial charge in [0.15, 0.2) is 0 Å². The third-order valence-electron chi connectivity index (χ3n) is 3.77. The number of fused-ring (bicyclic) bond motifs is 1. The number of ether oxygens (including phenoxy) is 3. The Labute approximate surface area is 102 Å². The third kappa shape index (κ3) is 1.89. The van der Waals surface area contributed by atoms with E-state index in [-0.39, 0.29) is 0 Å². The molecule has 3 heteroatoms. The van der Waals surface area contributed by atoms with Crippen LogP contribution in [0.5, 0.6) is 11.5 Å². The van der Waals surface area contributed by atoms with E-state index in [1.54, 1.807) is 14.2 Å². The van der Waals surface area contributed by atoms with E-state index in [1.807, 2.05) is 6.07 Å². The van der Waals surface area contributed by atoms with E-state index in [0.717, 1.165) is 24.0 Å². The van der Waals surface area contributed by atoms with Crippen molar-refractivity contribution in [2.24, 2.45) is 5.92 Å². The van der Waals surface area contributed by atoms with Crippen molar-refractivity contribution < 1.29 is 14.2 Å². The highest BCUT2D eigenvalue weighted by molar-refractivity contribution is 5.49. The van der Waals surface area contributed by atoms with Gasteiger partial charge in [-0.3, -0.25) is 0 Å². The highest BCUT2D eigenvalue weighted by atomic mass is 16.5. The molecule has 0 aromatic heterocycles. The number of methoxy groups -OCH3 is 2. The van der Waals surface area contributed by atoms with Crippen LogP contribution in [0.25, 0.3) is 0 Å². The summed E-state index contributed by atoms with van der Waals surface area (Å²) in [6.45, 7) is 1.51. The van der Waals surface area contributed by atoms with E-state index in [1.165, 1.54) is 24.0 Å². The van der Waals surface area contributed by atoms with Crippen molar-refractivity contribution in [2.45, 2.75) is 25.4 Å². The van der Waals surface area contributed by atoms with Gasteiger partial charge in [0.2, 0.25) is 0 Å². The highest BCUT2D eigenvalue weighted by Crippen LogP contribution is 2.49. The molecule has 1 aliphatic carbocycles. The number of rotatable bonds is 3. The number of hydrogen-bond donors (Lipinski definition) is 0. The minimum absolute atomic E-state index is 0.514. The Hall–Kier alpha value is -1.22. The normalized spacial score (nSPS) is 23.1. The highest BCUT2D eigenvalue weighted by Gasteiger charge is 2.37. The molecule has 2 aliphatic rings. The van der Waals surface area contributed by atoms with Crippen molar-refractivity contribution in [3.63, 3.8) is 0 Å². The Kier molecular flexibility index (Phi) is 2.71. The van der Waals surface area contributed by atoms with Crippen molar-refractivity contribution in [3.8, 4) is 11.5 Å². The minimum Gasteiger partial charge on any atom is -0.497 e. The molecule has 1 saturated carbocycles. The molecule has 3 nitrogen and oxygen atoms in total.